The number of nitrogens with two attached hydrogens (primary N) is 1. The van der Waals surface area contributed by atoms with Crippen LogP contribution in [0.4, 0.5) is 0 Å². The number of nitrogens with one attached hydrogen (secondary N) is 2. The number of thiazole rings is 1. The molecule has 160 valence electrons. The molecule has 0 unspecified atom stereocenters. The van der Waals surface area contributed by atoms with Crippen molar-refractivity contribution in [1.82, 2.24) is 15.6 Å². The van der Waals surface area contributed by atoms with Crippen LogP contribution in [-0.4, -0.2) is 36.5 Å². The van der Waals surface area contributed by atoms with Crippen LogP contribution in [0, 0.1) is 0 Å². The van der Waals surface area contributed by atoms with E-state index in [-0.39, 0.29) is 30.6 Å². The standard InChI is InChI=1S/C20H29N5O2S.HI/c1-4-22-20(24-11-19-25-17(13-28-19)14(2)3)23-10-9-15-5-7-16(8-6-15)27-12-18(21)26;/h5-8,13-14H,4,9-12H2,1-3H3,(H2,21,26)(H2,22,23,24);1H. The first-order valence-corrected chi connectivity index (χ1v) is 10.3. The van der Waals surface area contributed by atoms with E-state index in [1.165, 1.54) is 0 Å². The van der Waals surface area contributed by atoms with Crippen LogP contribution >= 0.6 is 35.3 Å². The zero-order chi connectivity index (χ0) is 20.4. The second-order valence-electron chi connectivity index (χ2n) is 6.59. The number of carbonyl (C=O) groups excluding carboxylic acids is 1. The van der Waals surface area contributed by atoms with Crippen molar-refractivity contribution in [3.63, 3.8) is 0 Å². The van der Waals surface area contributed by atoms with Crippen LogP contribution in [0.5, 0.6) is 5.75 Å². The predicted octanol–water partition coefficient (Wildman–Crippen LogP) is 3.05. The molecule has 1 aromatic heterocycles. The molecule has 0 bridgehead atoms. The smallest absolute Gasteiger partial charge is 0.255 e. The average Bonchev–Trinajstić information content (AvgIpc) is 3.15. The number of aromatic nitrogens is 1. The fraction of sp³-hybridized carbons (Fsp3) is 0.450. The summed E-state index contributed by atoms with van der Waals surface area (Å²) in [4.78, 5) is 20.0. The van der Waals surface area contributed by atoms with E-state index in [0.717, 1.165) is 41.7 Å². The SMILES string of the molecule is CCNC(=NCc1nc(C(C)C)cs1)NCCc1ccc(OCC(N)=O)cc1.I. The summed E-state index contributed by atoms with van der Waals surface area (Å²) in [5.41, 5.74) is 7.36. The lowest BCUT2D eigenvalue weighted by molar-refractivity contribution is -0.119. The molecule has 0 fully saturated rings. The van der Waals surface area contributed by atoms with E-state index >= 15 is 0 Å². The summed E-state index contributed by atoms with van der Waals surface area (Å²) in [6.45, 7) is 8.34. The molecule has 4 N–H and O–H groups in total. The van der Waals surface area contributed by atoms with Crippen LogP contribution in [0.1, 0.15) is 43.0 Å². The first-order valence-electron chi connectivity index (χ1n) is 9.44. The predicted molar refractivity (Wildman–Crippen MR) is 129 cm³/mol. The molecule has 0 atom stereocenters. The summed E-state index contributed by atoms with van der Waals surface area (Å²) in [7, 11) is 0. The zero-order valence-corrected chi connectivity index (χ0v) is 20.3. The molecule has 1 heterocycles. The highest BCUT2D eigenvalue weighted by atomic mass is 127. The van der Waals surface area contributed by atoms with E-state index in [2.05, 4.69) is 39.8 Å². The minimum absolute atomic E-state index is 0. The second kappa shape index (κ2) is 13.4. The van der Waals surface area contributed by atoms with Crippen molar-refractivity contribution >= 4 is 47.2 Å². The summed E-state index contributed by atoms with van der Waals surface area (Å²) in [5.74, 6) is 1.37. The zero-order valence-electron chi connectivity index (χ0n) is 17.1. The fourth-order valence-corrected chi connectivity index (χ4v) is 3.26. The van der Waals surface area contributed by atoms with Crippen molar-refractivity contribution < 1.29 is 9.53 Å². The molecular weight excluding hydrogens is 501 g/mol. The molecule has 2 rings (SSSR count). The molecule has 7 nitrogen and oxygen atoms in total. The summed E-state index contributed by atoms with van der Waals surface area (Å²) >= 11 is 1.65. The maximum absolute atomic E-state index is 10.7. The van der Waals surface area contributed by atoms with E-state index in [1.54, 1.807) is 11.3 Å². The van der Waals surface area contributed by atoms with Gasteiger partial charge in [0.1, 0.15) is 10.8 Å². The topological polar surface area (TPSA) is 102 Å². The van der Waals surface area contributed by atoms with Gasteiger partial charge in [0.2, 0.25) is 0 Å². The summed E-state index contributed by atoms with van der Waals surface area (Å²) in [6, 6.07) is 7.63. The van der Waals surface area contributed by atoms with Crippen LogP contribution in [0.15, 0.2) is 34.6 Å². The number of halogens is 1. The Morgan fingerprint density at radius 3 is 2.59 bits per heavy atom. The van der Waals surface area contributed by atoms with Crippen molar-refractivity contribution in [2.24, 2.45) is 10.7 Å². The van der Waals surface area contributed by atoms with Gasteiger partial charge in [-0.05, 0) is 37.0 Å². The molecule has 29 heavy (non-hydrogen) atoms. The number of rotatable bonds is 10. The van der Waals surface area contributed by atoms with Crippen LogP contribution in [0.3, 0.4) is 0 Å². The van der Waals surface area contributed by atoms with Crippen LogP contribution < -0.4 is 21.1 Å². The quantitative estimate of drug-likeness (QED) is 0.249. The van der Waals surface area contributed by atoms with E-state index in [0.29, 0.717) is 18.2 Å². The molecule has 0 aliphatic heterocycles. The minimum Gasteiger partial charge on any atom is -0.484 e. The Labute approximate surface area is 193 Å². The lowest BCUT2D eigenvalue weighted by Gasteiger charge is -2.11. The number of amides is 1. The molecule has 9 heteroatoms. The van der Waals surface area contributed by atoms with Crippen molar-refractivity contribution in [2.45, 2.75) is 39.7 Å². The highest BCUT2D eigenvalue weighted by Crippen LogP contribution is 2.18. The first kappa shape index (κ1) is 25.2. The Bertz CT molecular complexity index is 777. The highest BCUT2D eigenvalue weighted by molar-refractivity contribution is 14.0. The molecule has 1 amide bonds. The van der Waals surface area contributed by atoms with E-state index in [1.807, 2.05) is 31.2 Å². The van der Waals surface area contributed by atoms with Crippen LogP contribution in [-0.2, 0) is 17.8 Å². The molecular formula is C20H30IN5O2S. The third-order valence-electron chi connectivity index (χ3n) is 3.89. The summed E-state index contributed by atoms with van der Waals surface area (Å²) in [5, 5.41) is 9.73. The van der Waals surface area contributed by atoms with Gasteiger partial charge >= 0.3 is 0 Å². The number of aliphatic imine (C=N–C) groups is 1. The molecule has 2 aromatic rings. The molecule has 0 spiro atoms. The summed E-state index contributed by atoms with van der Waals surface area (Å²) < 4.78 is 5.26. The maximum atomic E-state index is 10.7. The largest absolute Gasteiger partial charge is 0.484 e. The van der Waals surface area contributed by atoms with Gasteiger partial charge in [0.05, 0.1) is 12.2 Å². The highest BCUT2D eigenvalue weighted by Gasteiger charge is 2.06. The van der Waals surface area contributed by atoms with E-state index in [4.69, 9.17) is 10.5 Å². The van der Waals surface area contributed by atoms with Gasteiger partial charge in [0.15, 0.2) is 12.6 Å². The molecule has 0 radical (unpaired) electrons. The minimum atomic E-state index is -0.485. The molecule has 1 aromatic carbocycles. The number of nitrogens with zero attached hydrogens (tertiary/aromatic N) is 2. The summed E-state index contributed by atoms with van der Waals surface area (Å²) in [6.07, 6.45) is 0.843. The molecule has 0 aliphatic carbocycles. The fourth-order valence-electron chi connectivity index (χ4n) is 2.38. The van der Waals surface area contributed by atoms with Gasteiger partial charge in [-0.25, -0.2) is 9.98 Å². The van der Waals surface area contributed by atoms with Gasteiger partial charge < -0.3 is 21.1 Å². The Hall–Kier alpha value is -1.88. The number of benzene rings is 1. The Morgan fingerprint density at radius 1 is 1.28 bits per heavy atom. The molecule has 0 aliphatic rings. The monoisotopic (exact) mass is 531 g/mol. The van der Waals surface area contributed by atoms with Gasteiger partial charge in [-0.1, -0.05) is 26.0 Å². The first-order chi connectivity index (χ1) is 13.5. The number of carbonyl (C=O) groups is 1. The lowest BCUT2D eigenvalue weighted by atomic mass is 10.1. The number of ether oxygens (including phenoxy) is 1. The van der Waals surface area contributed by atoms with Crippen molar-refractivity contribution in [2.75, 3.05) is 19.7 Å². The number of hydrogen-bond donors (Lipinski definition) is 3. The number of hydrogen-bond acceptors (Lipinski definition) is 5. The third-order valence-corrected chi connectivity index (χ3v) is 4.74. The Balaban J connectivity index is 0.00000420. The van der Waals surface area contributed by atoms with Gasteiger partial charge in [-0.15, -0.1) is 35.3 Å². The van der Waals surface area contributed by atoms with Crippen molar-refractivity contribution in [3.05, 3.63) is 45.9 Å². The van der Waals surface area contributed by atoms with E-state index < -0.39 is 5.91 Å². The van der Waals surface area contributed by atoms with E-state index in [9.17, 15) is 4.79 Å². The number of guanidine groups is 1. The Morgan fingerprint density at radius 2 is 2.00 bits per heavy atom. The second-order valence-corrected chi connectivity index (χ2v) is 7.53. The van der Waals surface area contributed by atoms with Crippen LogP contribution in [0.2, 0.25) is 0 Å². The third kappa shape index (κ3) is 9.44. The van der Waals surface area contributed by atoms with Crippen molar-refractivity contribution in [3.8, 4) is 5.75 Å². The normalized spacial score (nSPS) is 11.1. The van der Waals surface area contributed by atoms with Crippen molar-refractivity contribution in [1.29, 1.82) is 0 Å². The Kier molecular flexibility index (Phi) is 11.6. The van der Waals surface area contributed by atoms with Crippen LogP contribution in [0.25, 0.3) is 0 Å². The number of primary amides is 1. The molecule has 0 saturated carbocycles. The average molecular weight is 531 g/mol. The lowest BCUT2D eigenvalue weighted by Crippen LogP contribution is -2.38. The van der Waals surface area contributed by atoms with Gasteiger partial charge in [-0.3, -0.25) is 4.79 Å². The molecule has 0 saturated heterocycles. The maximum Gasteiger partial charge on any atom is 0.255 e. The van der Waals surface area contributed by atoms with Gasteiger partial charge in [0.25, 0.3) is 5.91 Å². The van der Waals surface area contributed by atoms with Gasteiger partial charge in [-0.2, -0.15) is 0 Å². The van der Waals surface area contributed by atoms with Gasteiger partial charge in [0, 0.05) is 18.5 Å².